The first kappa shape index (κ1) is 14.0. The molecule has 3 rings (SSSR count). The van der Waals surface area contributed by atoms with Gasteiger partial charge in [0.1, 0.15) is 5.75 Å². The molecule has 21 heavy (non-hydrogen) atoms. The SMILES string of the molecule is C=C1C[C@H](c2ccc(Cl)cc2)N(c2ccccc2OC)C1. The van der Waals surface area contributed by atoms with Crippen molar-refractivity contribution in [2.45, 2.75) is 12.5 Å². The highest BCUT2D eigenvalue weighted by molar-refractivity contribution is 6.30. The standard InChI is InChI=1S/C18H18ClNO/c1-13-11-17(14-7-9-15(19)10-8-14)20(12-13)16-5-3-4-6-18(16)21-2/h3-10,17H,1,11-12H2,2H3/t17-/m1/s1. The van der Waals surface area contributed by atoms with Crippen molar-refractivity contribution >= 4 is 17.3 Å². The average Bonchev–Trinajstić information content (AvgIpc) is 2.89. The molecule has 0 saturated carbocycles. The monoisotopic (exact) mass is 299 g/mol. The molecular formula is C18H18ClNO. The minimum atomic E-state index is 0.283. The van der Waals surface area contributed by atoms with Crippen molar-refractivity contribution < 1.29 is 4.74 Å². The van der Waals surface area contributed by atoms with E-state index >= 15 is 0 Å². The average molecular weight is 300 g/mol. The third-order valence-electron chi connectivity index (χ3n) is 3.90. The Kier molecular flexibility index (Phi) is 3.89. The number of benzene rings is 2. The molecule has 2 aromatic rings. The molecule has 1 saturated heterocycles. The zero-order valence-corrected chi connectivity index (χ0v) is 12.8. The lowest BCUT2D eigenvalue weighted by Gasteiger charge is -2.28. The quantitative estimate of drug-likeness (QED) is 0.751. The molecule has 1 aliphatic rings. The third kappa shape index (κ3) is 2.77. The van der Waals surface area contributed by atoms with Gasteiger partial charge in [0.2, 0.25) is 0 Å². The number of hydrogen-bond acceptors (Lipinski definition) is 2. The van der Waals surface area contributed by atoms with E-state index < -0.39 is 0 Å². The van der Waals surface area contributed by atoms with Gasteiger partial charge in [-0.15, -0.1) is 0 Å². The minimum absolute atomic E-state index is 0.283. The summed E-state index contributed by atoms with van der Waals surface area (Å²) >= 11 is 6.00. The van der Waals surface area contributed by atoms with E-state index in [1.165, 1.54) is 11.1 Å². The second-order valence-electron chi connectivity index (χ2n) is 5.32. The van der Waals surface area contributed by atoms with E-state index in [4.69, 9.17) is 16.3 Å². The number of rotatable bonds is 3. The number of hydrogen-bond donors (Lipinski definition) is 0. The van der Waals surface area contributed by atoms with Crippen molar-refractivity contribution in [2.24, 2.45) is 0 Å². The Hall–Kier alpha value is -1.93. The van der Waals surface area contributed by atoms with Crippen LogP contribution in [0.3, 0.4) is 0 Å². The van der Waals surface area contributed by atoms with E-state index in [0.717, 1.165) is 29.4 Å². The summed E-state index contributed by atoms with van der Waals surface area (Å²) in [5.74, 6) is 0.895. The van der Waals surface area contributed by atoms with Crippen LogP contribution in [-0.2, 0) is 0 Å². The van der Waals surface area contributed by atoms with Gasteiger partial charge in [-0.1, -0.05) is 48.0 Å². The minimum Gasteiger partial charge on any atom is -0.495 e. The summed E-state index contributed by atoms with van der Waals surface area (Å²) in [5.41, 5.74) is 3.60. The molecular weight excluding hydrogens is 282 g/mol. The fourth-order valence-electron chi connectivity index (χ4n) is 2.90. The smallest absolute Gasteiger partial charge is 0.142 e. The van der Waals surface area contributed by atoms with Gasteiger partial charge in [-0.25, -0.2) is 0 Å². The van der Waals surface area contributed by atoms with Crippen LogP contribution in [0.15, 0.2) is 60.7 Å². The van der Waals surface area contributed by atoms with Crippen LogP contribution in [0.4, 0.5) is 5.69 Å². The molecule has 1 heterocycles. The van der Waals surface area contributed by atoms with Crippen molar-refractivity contribution in [1.29, 1.82) is 0 Å². The van der Waals surface area contributed by atoms with Crippen LogP contribution in [0.1, 0.15) is 18.0 Å². The molecule has 0 radical (unpaired) electrons. The lowest BCUT2D eigenvalue weighted by atomic mass is 10.0. The molecule has 0 bridgehead atoms. The van der Waals surface area contributed by atoms with Gasteiger partial charge in [0.25, 0.3) is 0 Å². The van der Waals surface area contributed by atoms with Crippen LogP contribution in [0.25, 0.3) is 0 Å². The van der Waals surface area contributed by atoms with Gasteiger partial charge in [0, 0.05) is 11.6 Å². The normalized spacial score (nSPS) is 18.1. The Morgan fingerprint density at radius 2 is 1.86 bits per heavy atom. The molecule has 0 spiro atoms. The summed E-state index contributed by atoms with van der Waals surface area (Å²) in [7, 11) is 1.71. The van der Waals surface area contributed by atoms with Crippen molar-refractivity contribution in [3.05, 3.63) is 71.3 Å². The first-order valence-electron chi connectivity index (χ1n) is 7.01. The number of halogens is 1. The number of ether oxygens (including phenoxy) is 1. The highest BCUT2D eigenvalue weighted by Gasteiger charge is 2.30. The van der Waals surface area contributed by atoms with Crippen LogP contribution in [0, 0.1) is 0 Å². The zero-order chi connectivity index (χ0) is 14.8. The Morgan fingerprint density at radius 3 is 2.57 bits per heavy atom. The molecule has 3 heteroatoms. The van der Waals surface area contributed by atoms with Gasteiger partial charge < -0.3 is 9.64 Å². The van der Waals surface area contributed by atoms with Crippen LogP contribution in [0.5, 0.6) is 5.75 Å². The second-order valence-corrected chi connectivity index (χ2v) is 5.76. The highest BCUT2D eigenvalue weighted by atomic mass is 35.5. The van der Waals surface area contributed by atoms with Crippen LogP contribution < -0.4 is 9.64 Å². The predicted molar refractivity (Wildman–Crippen MR) is 88.3 cm³/mol. The molecule has 0 amide bonds. The van der Waals surface area contributed by atoms with Gasteiger partial charge in [-0.05, 0) is 36.2 Å². The van der Waals surface area contributed by atoms with Gasteiger partial charge in [0.05, 0.1) is 18.8 Å². The van der Waals surface area contributed by atoms with E-state index in [1.807, 2.05) is 30.3 Å². The molecule has 1 aliphatic heterocycles. The molecule has 0 aromatic heterocycles. The first-order chi connectivity index (χ1) is 10.2. The van der Waals surface area contributed by atoms with E-state index in [1.54, 1.807) is 7.11 Å². The lowest BCUT2D eigenvalue weighted by Crippen LogP contribution is -2.23. The van der Waals surface area contributed by atoms with Crippen LogP contribution in [-0.4, -0.2) is 13.7 Å². The summed E-state index contributed by atoms with van der Waals surface area (Å²) in [6.45, 7) is 5.02. The van der Waals surface area contributed by atoms with Gasteiger partial charge >= 0.3 is 0 Å². The zero-order valence-electron chi connectivity index (χ0n) is 12.1. The number of para-hydroxylation sites is 2. The maximum atomic E-state index is 6.00. The van der Waals surface area contributed by atoms with Crippen molar-refractivity contribution in [3.8, 4) is 5.75 Å². The van der Waals surface area contributed by atoms with Crippen molar-refractivity contribution in [1.82, 2.24) is 0 Å². The molecule has 1 atom stereocenters. The second kappa shape index (κ2) is 5.82. The lowest BCUT2D eigenvalue weighted by molar-refractivity contribution is 0.414. The van der Waals surface area contributed by atoms with Crippen LogP contribution >= 0.6 is 11.6 Å². The van der Waals surface area contributed by atoms with E-state index in [-0.39, 0.29) is 6.04 Å². The van der Waals surface area contributed by atoms with E-state index in [0.29, 0.717) is 0 Å². The topological polar surface area (TPSA) is 12.5 Å². The van der Waals surface area contributed by atoms with Crippen molar-refractivity contribution in [3.63, 3.8) is 0 Å². The summed E-state index contributed by atoms with van der Waals surface area (Å²) < 4.78 is 5.50. The van der Waals surface area contributed by atoms with Crippen LogP contribution in [0.2, 0.25) is 5.02 Å². The Balaban J connectivity index is 1.99. The molecule has 108 valence electrons. The number of methoxy groups -OCH3 is 1. The highest BCUT2D eigenvalue weighted by Crippen LogP contribution is 2.41. The largest absolute Gasteiger partial charge is 0.495 e. The van der Waals surface area contributed by atoms with E-state index in [9.17, 15) is 0 Å². The number of nitrogens with zero attached hydrogens (tertiary/aromatic N) is 1. The Morgan fingerprint density at radius 1 is 1.14 bits per heavy atom. The summed E-state index contributed by atoms with van der Waals surface area (Å²) in [4.78, 5) is 2.35. The molecule has 0 N–H and O–H groups in total. The Bertz CT molecular complexity index is 651. The summed E-state index contributed by atoms with van der Waals surface area (Å²) in [5, 5.41) is 0.763. The molecule has 2 nitrogen and oxygen atoms in total. The Labute approximate surface area is 130 Å². The summed E-state index contributed by atoms with van der Waals surface area (Å²) in [6, 6.07) is 16.5. The van der Waals surface area contributed by atoms with Gasteiger partial charge in [-0.3, -0.25) is 0 Å². The fraction of sp³-hybridized carbons (Fsp3) is 0.222. The molecule has 0 unspecified atom stereocenters. The van der Waals surface area contributed by atoms with E-state index in [2.05, 4.69) is 29.7 Å². The van der Waals surface area contributed by atoms with Gasteiger partial charge in [0.15, 0.2) is 0 Å². The first-order valence-corrected chi connectivity index (χ1v) is 7.38. The maximum Gasteiger partial charge on any atom is 0.142 e. The molecule has 1 fully saturated rings. The molecule has 0 aliphatic carbocycles. The third-order valence-corrected chi connectivity index (χ3v) is 4.15. The van der Waals surface area contributed by atoms with Crippen molar-refractivity contribution in [2.75, 3.05) is 18.6 Å². The number of anilines is 1. The fourth-order valence-corrected chi connectivity index (χ4v) is 3.03. The maximum absolute atomic E-state index is 6.00. The predicted octanol–water partition coefficient (Wildman–Crippen LogP) is 4.86. The summed E-state index contributed by atoms with van der Waals surface area (Å²) in [6.07, 6.45) is 0.958. The van der Waals surface area contributed by atoms with Gasteiger partial charge in [-0.2, -0.15) is 0 Å². The molecule has 2 aromatic carbocycles.